The van der Waals surface area contributed by atoms with E-state index in [-0.39, 0.29) is 24.9 Å². The first-order chi connectivity index (χ1) is 11.8. The molecule has 1 aromatic heterocycles. The van der Waals surface area contributed by atoms with Gasteiger partial charge in [0.15, 0.2) is 0 Å². The molecule has 0 spiro atoms. The lowest BCUT2D eigenvalue weighted by molar-refractivity contribution is -0.129. The molecule has 0 aliphatic carbocycles. The molecule has 2 atom stereocenters. The fraction of sp³-hybridized carbons (Fsp3) is 0.412. The number of β-amino-alcohol motifs (C(OH)–C–C–N with tert-alkyl or cyclic N) is 1. The van der Waals surface area contributed by atoms with E-state index in [9.17, 15) is 18.3 Å². The molecule has 2 aromatic rings. The summed E-state index contributed by atoms with van der Waals surface area (Å²) in [5.74, 6) is -0.417. The number of hydrogen-bond acceptors (Lipinski definition) is 5. The second kappa shape index (κ2) is 7.07. The summed E-state index contributed by atoms with van der Waals surface area (Å²) in [6.45, 7) is 0.344. The van der Waals surface area contributed by atoms with E-state index in [1.54, 1.807) is 6.20 Å². The third kappa shape index (κ3) is 4.33. The van der Waals surface area contributed by atoms with Gasteiger partial charge >= 0.3 is 0 Å². The summed E-state index contributed by atoms with van der Waals surface area (Å²) in [6.07, 6.45) is 2.76. The molecule has 25 heavy (non-hydrogen) atoms. The van der Waals surface area contributed by atoms with E-state index in [2.05, 4.69) is 9.71 Å². The van der Waals surface area contributed by atoms with Gasteiger partial charge in [-0.25, -0.2) is 13.1 Å². The maximum Gasteiger partial charge on any atom is 0.237 e. The van der Waals surface area contributed by atoms with Gasteiger partial charge in [0.1, 0.15) is 0 Å². The standard InChI is InChI=1S/C17H21N3O4S/c1-25(23,24)19-9-17(22)20-10-13(16(21)11-20)8-12-6-7-18-15-5-3-2-4-14(12)15/h2-7,13,16,19,21H,8-11H2,1H3/t13-,16-/m1/s1. The van der Waals surface area contributed by atoms with E-state index in [1.807, 2.05) is 30.3 Å². The van der Waals surface area contributed by atoms with Crippen molar-refractivity contribution in [3.05, 3.63) is 42.1 Å². The average Bonchev–Trinajstić information content (AvgIpc) is 2.93. The summed E-state index contributed by atoms with van der Waals surface area (Å²) in [5, 5.41) is 11.4. The highest BCUT2D eigenvalue weighted by molar-refractivity contribution is 7.88. The van der Waals surface area contributed by atoms with Crippen molar-refractivity contribution in [3.8, 4) is 0 Å². The number of amides is 1. The molecule has 1 aromatic carbocycles. The van der Waals surface area contributed by atoms with Gasteiger partial charge < -0.3 is 10.0 Å². The SMILES string of the molecule is CS(=O)(=O)NCC(=O)N1C[C@@H](Cc2ccnc3ccccc23)[C@H](O)C1. The van der Waals surface area contributed by atoms with Crippen LogP contribution in [0.5, 0.6) is 0 Å². The van der Waals surface area contributed by atoms with Crippen LogP contribution in [0.25, 0.3) is 10.9 Å². The molecule has 1 fully saturated rings. The summed E-state index contributed by atoms with van der Waals surface area (Å²) < 4.78 is 24.4. The molecule has 0 radical (unpaired) electrons. The lowest BCUT2D eigenvalue weighted by atomic mass is 9.94. The minimum atomic E-state index is -3.42. The fourth-order valence-corrected chi connectivity index (χ4v) is 3.56. The van der Waals surface area contributed by atoms with Gasteiger partial charge in [0.2, 0.25) is 15.9 Å². The van der Waals surface area contributed by atoms with Crippen LogP contribution in [-0.2, 0) is 21.2 Å². The first-order valence-corrected chi connectivity index (χ1v) is 9.96. The highest BCUT2D eigenvalue weighted by atomic mass is 32.2. The highest BCUT2D eigenvalue weighted by Crippen LogP contribution is 2.25. The fourth-order valence-electron chi connectivity index (χ4n) is 3.18. The number of carbonyl (C=O) groups is 1. The average molecular weight is 363 g/mol. The van der Waals surface area contributed by atoms with Crippen molar-refractivity contribution in [2.24, 2.45) is 5.92 Å². The van der Waals surface area contributed by atoms with Crippen molar-refractivity contribution in [2.45, 2.75) is 12.5 Å². The zero-order valence-electron chi connectivity index (χ0n) is 13.9. The molecule has 134 valence electrons. The summed E-state index contributed by atoms with van der Waals surface area (Å²) in [5.41, 5.74) is 1.98. The summed E-state index contributed by atoms with van der Waals surface area (Å²) in [6, 6.07) is 9.75. The second-order valence-corrected chi connectivity index (χ2v) is 8.24. The third-order valence-corrected chi connectivity index (χ3v) is 5.13. The number of aliphatic hydroxyl groups is 1. The number of nitrogens with zero attached hydrogens (tertiary/aromatic N) is 2. The molecule has 1 aliphatic rings. The number of pyridine rings is 1. The maximum atomic E-state index is 12.1. The lowest BCUT2D eigenvalue weighted by Crippen LogP contribution is -2.39. The number of aromatic nitrogens is 1. The number of nitrogens with one attached hydrogen (secondary N) is 1. The zero-order valence-corrected chi connectivity index (χ0v) is 14.7. The van der Waals surface area contributed by atoms with E-state index in [0.717, 1.165) is 22.7 Å². The topological polar surface area (TPSA) is 99.6 Å². The molecular weight excluding hydrogens is 342 g/mol. The second-order valence-electron chi connectivity index (χ2n) is 6.41. The number of sulfonamides is 1. The van der Waals surface area contributed by atoms with Crippen LogP contribution in [-0.4, -0.2) is 61.3 Å². The van der Waals surface area contributed by atoms with E-state index in [1.165, 1.54) is 4.90 Å². The van der Waals surface area contributed by atoms with Crippen molar-refractivity contribution in [3.63, 3.8) is 0 Å². The minimum absolute atomic E-state index is 0.0898. The van der Waals surface area contributed by atoms with Crippen molar-refractivity contribution in [1.82, 2.24) is 14.6 Å². The van der Waals surface area contributed by atoms with Crippen LogP contribution >= 0.6 is 0 Å². The summed E-state index contributed by atoms with van der Waals surface area (Å²) in [4.78, 5) is 18.0. The molecule has 0 unspecified atom stereocenters. The van der Waals surface area contributed by atoms with E-state index in [0.29, 0.717) is 13.0 Å². The van der Waals surface area contributed by atoms with Crippen molar-refractivity contribution < 1.29 is 18.3 Å². The maximum absolute atomic E-state index is 12.1. The molecule has 1 saturated heterocycles. The smallest absolute Gasteiger partial charge is 0.237 e. The molecular formula is C17H21N3O4S. The van der Waals surface area contributed by atoms with Gasteiger partial charge in [-0.15, -0.1) is 0 Å². The molecule has 3 rings (SSSR count). The quantitative estimate of drug-likeness (QED) is 0.788. The van der Waals surface area contributed by atoms with Crippen LogP contribution in [0.3, 0.4) is 0 Å². The van der Waals surface area contributed by atoms with Gasteiger partial charge in [-0.05, 0) is 24.1 Å². The molecule has 8 heteroatoms. The van der Waals surface area contributed by atoms with Crippen LogP contribution in [0.15, 0.2) is 36.5 Å². The zero-order chi connectivity index (χ0) is 18.0. The molecule has 2 N–H and O–H groups in total. The molecule has 2 heterocycles. The monoisotopic (exact) mass is 363 g/mol. The highest BCUT2D eigenvalue weighted by Gasteiger charge is 2.34. The number of likely N-dealkylation sites (tertiary alicyclic amines) is 1. The Morgan fingerprint density at radius 3 is 2.84 bits per heavy atom. The number of carbonyl (C=O) groups excluding carboxylic acids is 1. The predicted octanol–water partition coefficient (Wildman–Crippen LogP) is 0.146. The Morgan fingerprint density at radius 1 is 1.32 bits per heavy atom. The minimum Gasteiger partial charge on any atom is -0.391 e. The van der Waals surface area contributed by atoms with Gasteiger partial charge in [-0.1, -0.05) is 18.2 Å². The van der Waals surface area contributed by atoms with Crippen molar-refractivity contribution in [2.75, 3.05) is 25.9 Å². The number of para-hydroxylation sites is 1. The number of rotatable bonds is 5. The first kappa shape index (κ1) is 17.8. The summed E-state index contributed by atoms with van der Waals surface area (Å²) >= 11 is 0. The van der Waals surface area contributed by atoms with E-state index >= 15 is 0 Å². The summed E-state index contributed by atoms with van der Waals surface area (Å²) in [7, 11) is -3.42. The van der Waals surface area contributed by atoms with Crippen LogP contribution in [0, 0.1) is 5.92 Å². The van der Waals surface area contributed by atoms with Crippen LogP contribution < -0.4 is 4.72 Å². The number of aliphatic hydroxyl groups excluding tert-OH is 1. The largest absolute Gasteiger partial charge is 0.391 e. The first-order valence-electron chi connectivity index (χ1n) is 8.06. The van der Waals surface area contributed by atoms with Crippen molar-refractivity contribution in [1.29, 1.82) is 0 Å². The Morgan fingerprint density at radius 2 is 2.08 bits per heavy atom. The van der Waals surface area contributed by atoms with Crippen LogP contribution in [0.2, 0.25) is 0 Å². The predicted molar refractivity (Wildman–Crippen MR) is 94.4 cm³/mol. The van der Waals surface area contributed by atoms with Crippen molar-refractivity contribution >= 4 is 26.8 Å². The molecule has 7 nitrogen and oxygen atoms in total. The van der Waals surface area contributed by atoms with Gasteiger partial charge in [0, 0.05) is 30.6 Å². The molecule has 0 saturated carbocycles. The molecule has 1 aliphatic heterocycles. The Kier molecular flexibility index (Phi) is 5.03. The van der Waals surface area contributed by atoms with Gasteiger partial charge in [0.05, 0.1) is 24.4 Å². The molecule has 1 amide bonds. The van der Waals surface area contributed by atoms with Crippen LogP contribution in [0.1, 0.15) is 5.56 Å². The Balaban J connectivity index is 1.68. The Labute approximate surface area is 146 Å². The number of fused-ring (bicyclic) bond motifs is 1. The van der Waals surface area contributed by atoms with Gasteiger partial charge in [-0.2, -0.15) is 0 Å². The Bertz CT molecular complexity index is 879. The van der Waals surface area contributed by atoms with E-state index in [4.69, 9.17) is 0 Å². The number of benzene rings is 1. The van der Waals surface area contributed by atoms with E-state index < -0.39 is 16.1 Å². The Hall–Kier alpha value is -2.03. The normalized spacial score (nSPS) is 21.0. The molecule has 0 bridgehead atoms. The van der Waals surface area contributed by atoms with Gasteiger partial charge in [-0.3, -0.25) is 9.78 Å². The van der Waals surface area contributed by atoms with Gasteiger partial charge in [0.25, 0.3) is 0 Å². The number of hydrogen-bond donors (Lipinski definition) is 2. The van der Waals surface area contributed by atoms with Crippen LogP contribution in [0.4, 0.5) is 0 Å². The third-order valence-electron chi connectivity index (χ3n) is 4.47. The lowest BCUT2D eigenvalue weighted by Gasteiger charge is -2.16.